The number of benzene rings is 1. The Labute approximate surface area is 138 Å². The van der Waals surface area contributed by atoms with Gasteiger partial charge in [-0.15, -0.1) is 11.3 Å². The molecule has 0 saturated carbocycles. The lowest BCUT2D eigenvalue weighted by atomic mass is 10.2. The van der Waals surface area contributed by atoms with Crippen molar-refractivity contribution < 1.29 is 9.21 Å². The number of thiophene rings is 1. The zero-order valence-electron chi connectivity index (χ0n) is 13.1. The number of fused-ring (bicyclic) bond motifs is 1. The largest absolute Gasteiger partial charge is 0.459 e. The van der Waals surface area contributed by atoms with E-state index in [4.69, 9.17) is 4.42 Å². The molecule has 0 saturated heterocycles. The summed E-state index contributed by atoms with van der Waals surface area (Å²) >= 11 is 1.49. The van der Waals surface area contributed by atoms with Crippen LogP contribution in [-0.4, -0.2) is 31.6 Å². The molecule has 0 bridgehead atoms. The molecule has 2 aromatic heterocycles. The maximum Gasteiger partial charge on any atom is 0.319 e. The number of para-hydroxylation sites is 1. The van der Waals surface area contributed by atoms with Gasteiger partial charge in [-0.1, -0.05) is 18.2 Å². The van der Waals surface area contributed by atoms with Crippen molar-refractivity contribution in [1.82, 2.24) is 10.2 Å². The van der Waals surface area contributed by atoms with Gasteiger partial charge in [0.25, 0.3) is 0 Å². The van der Waals surface area contributed by atoms with Gasteiger partial charge in [0.1, 0.15) is 11.3 Å². The van der Waals surface area contributed by atoms with Crippen molar-refractivity contribution in [3.8, 4) is 0 Å². The number of urea groups is 1. The fourth-order valence-electron chi connectivity index (χ4n) is 2.40. The molecule has 0 fully saturated rings. The summed E-state index contributed by atoms with van der Waals surface area (Å²) in [5.74, 6) is 0.840. The van der Waals surface area contributed by atoms with E-state index in [-0.39, 0.29) is 12.1 Å². The zero-order valence-corrected chi connectivity index (χ0v) is 13.9. The average Bonchev–Trinajstić information content (AvgIpc) is 3.15. The minimum Gasteiger partial charge on any atom is -0.459 e. The van der Waals surface area contributed by atoms with Crippen LogP contribution < -0.4 is 10.6 Å². The van der Waals surface area contributed by atoms with Crippen LogP contribution in [0, 0.1) is 0 Å². The number of nitrogens with one attached hydrogen (secondary N) is 2. The Morgan fingerprint density at radius 2 is 2.09 bits per heavy atom. The Balaban J connectivity index is 1.68. The van der Waals surface area contributed by atoms with Crippen LogP contribution in [0.1, 0.15) is 11.8 Å². The van der Waals surface area contributed by atoms with Gasteiger partial charge in [0.15, 0.2) is 0 Å². The van der Waals surface area contributed by atoms with E-state index in [0.29, 0.717) is 6.54 Å². The predicted octanol–water partition coefficient (Wildman–Crippen LogP) is 3.92. The van der Waals surface area contributed by atoms with Gasteiger partial charge in [0.2, 0.25) is 0 Å². The zero-order chi connectivity index (χ0) is 16.2. The van der Waals surface area contributed by atoms with E-state index in [2.05, 4.69) is 10.6 Å². The predicted molar refractivity (Wildman–Crippen MR) is 94.0 cm³/mol. The SMILES string of the molecule is CN(C)C(CNC(=O)Nc1cccs1)c1cc2ccccc2o1. The van der Waals surface area contributed by atoms with Crippen molar-refractivity contribution in [3.63, 3.8) is 0 Å². The fourth-order valence-corrected chi connectivity index (χ4v) is 3.01. The maximum absolute atomic E-state index is 12.0. The van der Waals surface area contributed by atoms with E-state index in [0.717, 1.165) is 21.7 Å². The van der Waals surface area contributed by atoms with E-state index in [1.165, 1.54) is 11.3 Å². The van der Waals surface area contributed by atoms with Gasteiger partial charge < -0.3 is 9.73 Å². The molecular formula is C17H19N3O2S. The number of anilines is 1. The first-order chi connectivity index (χ1) is 11.1. The van der Waals surface area contributed by atoms with Crippen molar-refractivity contribution in [2.75, 3.05) is 26.0 Å². The van der Waals surface area contributed by atoms with E-state index < -0.39 is 0 Å². The molecule has 3 aromatic rings. The second kappa shape index (κ2) is 6.85. The monoisotopic (exact) mass is 329 g/mol. The molecule has 1 atom stereocenters. The molecule has 5 nitrogen and oxygen atoms in total. The Morgan fingerprint density at radius 3 is 2.78 bits per heavy atom. The summed E-state index contributed by atoms with van der Waals surface area (Å²) in [7, 11) is 3.94. The number of amides is 2. The number of nitrogens with zero attached hydrogens (tertiary/aromatic N) is 1. The summed E-state index contributed by atoms with van der Waals surface area (Å²) in [4.78, 5) is 14.0. The summed E-state index contributed by atoms with van der Waals surface area (Å²) in [5, 5.41) is 9.53. The van der Waals surface area contributed by atoms with Gasteiger partial charge in [0, 0.05) is 11.9 Å². The van der Waals surface area contributed by atoms with Crippen molar-refractivity contribution in [1.29, 1.82) is 0 Å². The van der Waals surface area contributed by atoms with Crippen molar-refractivity contribution >= 4 is 33.3 Å². The average molecular weight is 329 g/mol. The number of carbonyl (C=O) groups excluding carboxylic acids is 1. The second-order valence-corrected chi connectivity index (χ2v) is 6.43. The molecule has 3 rings (SSSR count). The van der Waals surface area contributed by atoms with Crippen LogP contribution in [0.3, 0.4) is 0 Å². The van der Waals surface area contributed by atoms with Gasteiger partial charge in [-0.25, -0.2) is 4.79 Å². The van der Waals surface area contributed by atoms with Crippen LogP contribution in [0.15, 0.2) is 52.3 Å². The van der Waals surface area contributed by atoms with E-state index in [9.17, 15) is 4.79 Å². The first-order valence-corrected chi connectivity index (χ1v) is 8.24. The van der Waals surface area contributed by atoms with Gasteiger partial charge in [-0.05, 0) is 43.7 Å². The van der Waals surface area contributed by atoms with Gasteiger partial charge in [0.05, 0.1) is 11.0 Å². The number of furan rings is 1. The normalized spacial score (nSPS) is 12.5. The first kappa shape index (κ1) is 15.6. The fraction of sp³-hybridized carbons (Fsp3) is 0.235. The number of carbonyl (C=O) groups is 1. The highest BCUT2D eigenvalue weighted by molar-refractivity contribution is 7.14. The minimum absolute atomic E-state index is 0.0310. The lowest BCUT2D eigenvalue weighted by Crippen LogP contribution is -2.36. The van der Waals surface area contributed by atoms with E-state index in [1.807, 2.05) is 66.8 Å². The number of likely N-dealkylation sites (N-methyl/N-ethyl adjacent to an activating group) is 1. The molecule has 1 unspecified atom stereocenters. The molecule has 2 amide bonds. The molecule has 0 aliphatic heterocycles. The quantitative estimate of drug-likeness (QED) is 0.746. The smallest absolute Gasteiger partial charge is 0.319 e. The van der Waals surface area contributed by atoms with Gasteiger partial charge in [-0.3, -0.25) is 10.2 Å². The Kier molecular flexibility index (Phi) is 4.64. The minimum atomic E-state index is -0.213. The van der Waals surface area contributed by atoms with E-state index >= 15 is 0 Å². The maximum atomic E-state index is 12.0. The molecular weight excluding hydrogens is 310 g/mol. The van der Waals surface area contributed by atoms with Crippen molar-refractivity contribution in [2.24, 2.45) is 0 Å². The highest BCUT2D eigenvalue weighted by Gasteiger charge is 2.19. The van der Waals surface area contributed by atoms with Crippen LogP contribution in [0.4, 0.5) is 9.80 Å². The first-order valence-electron chi connectivity index (χ1n) is 7.37. The summed E-state index contributed by atoms with van der Waals surface area (Å²) < 4.78 is 5.92. The Bertz CT molecular complexity index is 747. The molecule has 0 aliphatic carbocycles. The topological polar surface area (TPSA) is 57.5 Å². The lowest BCUT2D eigenvalue weighted by molar-refractivity contribution is 0.235. The van der Waals surface area contributed by atoms with Crippen LogP contribution >= 0.6 is 11.3 Å². The summed E-state index contributed by atoms with van der Waals surface area (Å²) in [6.07, 6.45) is 0. The molecule has 120 valence electrons. The molecule has 0 spiro atoms. The number of rotatable bonds is 5. The highest BCUT2D eigenvalue weighted by Crippen LogP contribution is 2.26. The summed E-state index contributed by atoms with van der Waals surface area (Å²) in [5.41, 5.74) is 0.859. The summed E-state index contributed by atoms with van der Waals surface area (Å²) in [6.45, 7) is 0.462. The van der Waals surface area contributed by atoms with Crippen LogP contribution in [0.2, 0.25) is 0 Å². The van der Waals surface area contributed by atoms with Crippen LogP contribution in [0.5, 0.6) is 0 Å². The van der Waals surface area contributed by atoms with Crippen LogP contribution in [0.25, 0.3) is 11.0 Å². The van der Waals surface area contributed by atoms with Crippen molar-refractivity contribution in [3.05, 3.63) is 53.6 Å². The lowest BCUT2D eigenvalue weighted by Gasteiger charge is -2.22. The number of hydrogen-bond donors (Lipinski definition) is 2. The third kappa shape index (κ3) is 3.72. The van der Waals surface area contributed by atoms with Gasteiger partial charge >= 0.3 is 6.03 Å². The van der Waals surface area contributed by atoms with Gasteiger partial charge in [-0.2, -0.15) is 0 Å². The summed E-state index contributed by atoms with van der Waals surface area (Å²) in [6, 6.07) is 13.5. The van der Waals surface area contributed by atoms with E-state index in [1.54, 1.807) is 0 Å². The molecule has 0 aliphatic rings. The Morgan fingerprint density at radius 1 is 1.26 bits per heavy atom. The van der Waals surface area contributed by atoms with Crippen LogP contribution in [-0.2, 0) is 0 Å². The molecule has 2 N–H and O–H groups in total. The molecule has 1 aromatic carbocycles. The third-order valence-corrected chi connectivity index (χ3v) is 4.40. The Hall–Kier alpha value is -2.31. The third-order valence-electron chi connectivity index (χ3n) is 3.61. The molecule has 6 heteroatoms. The second-order valence-electron chi connectivity index (χ2n) is 5.48. The molecule has 2 heterocycles. The van der Waals surface area contributed by atoms with Crippen molar-refractivity contribution in [2.45, 2.75) is 6.04 Å². The number of hydrogen-bond acceptors (Lipinski definition) is 4. The standard InChI is InChI=1S/C17H19N3O2S/c1-20(2)13(11-18-17(21)19-16-8-5-9-23-16)15-10-12-6-3-4-7-14(12)22-15/h3-10,13H,11H2,1-2H3,(H2,18,19,21). The molecule has 0 radical (unpaired) electrons. The molecule has 23 heavy (non-hydrogen) atoms. The highest BCUT2D eigenvalue weighted by atomic mass is 32.1.